The summed E-state index contributed by atoms with van der Waals surface area (Å²) in [5.41, 5.74) is 0. The molecule has 0 unspecified atom stereocenters. The highest BCUT2D eigenvalue weighted by molar-refractivity contribution is 9.25. The van der Waals surface area contributed by atoms with Gasteiger partial charge in [0.15, 0.2) is 0 Å². The second-order valence-corrected chi connectivity index (χ2v) is 5.90. The fourth-order valence-electron chi connectivity index (χ4n) is 0.128. The van der Waals surface area contributed by atoms with Gasteiger partial charge < -0.3 is 4.74 Å². The maximum absolute atomic E-state index is 5.21. The first kappa shape index (κ1) is 13.7. The van der Waals surface area contributed by atoms with Gasteiger partial charge in [0, 0.05) is 0 Å². The fraction of sp³-hybridized carbons (Fsp3) is 0.600. The first-order valence-electron chi connectivity index (χ1n) is 2.35. The Morgan fingerprint density at radius 3 is 2.10 bits per heavy atom. The Hall–Kier alpha value is 1.08. The number of halogens is 4. The lowest BCUT2D eigenvalue weighted by atomic mass is 10.9. The minimum atomic E-state index is -0.0694. The fourth-order valence-corrected chi connectivity index (χ4v) is 0.217. The summed E-state index contributed by atoms with van der Waals surface area (Å²) >= 11 is 16.2. The Morgan fingerprint density at radius 1 is 1.60 bits per heavy atom. The maximum atomic E-state index is 5.21. The molecule has 0 aliphatic carbocycles. The lowest BCUT2D eigenvalue weighted by Gasteiger charge is -1.89. The van der Waals surface area contributed by atoms with E-state index < -0.39 is 0 Å². The van der Waals surface area contributed by atoms with Crippen molar-refractivity contribution in [3.8, 4) is 0 Å². The minimum absolute atomic E-state index is 0.0694. The average Bonchev–Trinajstić information content (AvgIpc) is 1.82. The Morgan fingerprint density at radius 2 is 2.00 bits per heavy atom. The molecule has 0 saturated carbocycles. The Balaban J connectivity index is 0. The summed E-state index contributed by atoms with van der Waals surface area (Å²) in [5.74, 6) is 0.534. The van der Waals surface area contributed by atoms with Gasteiger partial charge >= 0.3 is 0 Å². The van der Waals surface area contributed by atoms with E-state index in [9.17, 15) is 0 Å². The van der Waals surface area contributed by atoms with Crippen LogP contribution in [0.4, 0.5) is 0 Å². The number of alkyl halides is 4. The molecule has 62 valence electrons. The molecule has 0 aromatic carbocycles. The molecule has 10 heavy (non-hydrogen) atoms. The molecule has 0 amide bonds. The largest absolute Gasteiger partial charge is 0.501 e. The van der Waals surface area contributed by atoms with Crippen molar-refractivity contribution in [1.82, 2.24) is 0 Å². The van der Waals surface area contributed by atoms with E-state index in [1.807, 2.05) is 0 Å². The highest BCUT2D eigenvalue weighted by Crippen LogP contribution is 2.10. The SMILES string of the molecule is C=COCCCl.ClC(Br)Br. The van der Waals surface area contributed by atoms with Gasteiger partial charge in [-0.15, -0.1) is 11.6 Å². The summed E-state index contributed by atoms with van der Waals surface area (Å²) in [5, 5.41) is 0. The van der Waals surface area contributed by atoms with Crippen LogP contribution in [-0.4, -0.2) is 15.7 Å². The second-order valence-electron chi connectivity index (χ2n) is 0.974. The first-order valence-corrected chi connectivity index (χ1v) is 5.16. The van der Waals surface area contributed by atoms with Crippen LogP contribution in [0.1, 0.15) is 0 Å². The molecule has 0 aromatic rings. The molecule has 0 radical (unpaired) electrons. The Bertz CT molecular complexity index is 67.9. The van der Waals surface area contributed by atoms with Crippen molar-refractivity contribution >= 4 is 55.1 Å². The summed E-state index contributed by atoms with van der Waals surface area (Å²) in [7, 11) is 0. The van der Waals surface area contributed by atoms with E-state index in [0.29, 0.717) is 12.5 Å². The average molecular weight is 315 g/mol. The van der Waals surface area contributed by atoms with Crippen molar-refractivity contribution in [1.29, 1.82) is 0 Å². The zero-order chi connectivity index (χ0) is 8.41. The molecule has 0 spiro atoms. The zero-order valence-corrected chi connectivity index (χ0v) is 9.88. The summed E-state index contributed by atoms with van der Waals surface area (Å²) in [6.45, 7) is 3.88. The predicted molar refractivity (Wildman–Crippen MR) is 54.4 cm³/mol. The van der Waals surface area contributed by atoms with E-state index in [1.165, 1.54) is 6.26 Å². The number of hydrogen-bond acceptors (Lipinski definition) is 1. The monoisotopic (exact) mass is 312 g/mol. The van der Waals surface area contributed by atoms with Crippen molar-refractivity contribution in [2.24, 2.45) is 0 Å². The van der Waals surface area contributed by atoms with Gasteiger partial charge in [-0.1, -0.05) is 50.0 Å². The third-order valence-electron chi connectivity index (χ3n) is 0.313. The molecule has 0 aromatic heterocycles. The van der Waals surface area contributed by atoms with E-state index in [4.69, 9.17) is 23.2 Å². The van der Waals surface area contributed by atoms with Crippen LogP contribution in [0.25, 0.3) is 0 Å². The van der Waals surface area contributed by atoms with Gasteiger partial charge in [0.05, 0.1) is 12.1 Å². The third kappa shape index (κ3) is 35.6. The van der Waals surface area contributed by atoms with Gasteiger partial charge in [-0.2, -0.15) is 0 Å². The predicted octanol–water partition coefficient (Wildman–Crippen LogP) is 3.68. The van der Waals surface area contributed by atoms with Crippen LogP contribution in [0.2, 0.25) is 0 Å². The third-order valence-corrected chi connectivity index (χ3v) is 0.467. The van der Waals surface area contributed by atoms with E-state index in [0.717, 1.165) is 0 Å². The highest BCUT2D eigenvalue weighted by atomic mass is 79.9. The van der Waals surface area contributed by atoms with Gasteiger partial charge in [0.2, 0.25) is 0 Å². The lowest BCUT2D eigenvalue weighted by Crippen LogP contribution is -1.84. The molecule has 0 rings (SSSR count). The normalized spacial score (nSPS) is 8.10. The van der Waals surface area contributed by atoms with Crippen LogP contribution in [0.3, 0.4) is 0 Å². The van der Waals surface area contributed by atoms with Gasteiger partial charge in [-0.05, 0) is 0 Å². The van der Waals surface area contributed by atoms with Gasteiger partial charge in [0.25, 0.3) is 0 Å². The minimum Gasteiger partial charge on any atom is -0.501 e. The first-order chi connectivity index (χ1) is 4.65. The molecule has 0 aliphatic heterocycles. The van der Waals surface area contributed by atoms with Crippen molar-refractivity contribution in [3.63, 3.8) is 0 Å². The summed E-state index contributed by atoms with van der Waals surface area (Å²) in [4.78, 5) is 0. The number of rotatable bonds is 3. The Labute approximate surface area is 88.0 Å². The number of ether oxygens (including phenoxy) is 1. The molecule has 0 bridgehead atoms. The van der Waals surface area contributed by atoms with Crippen LogP contribution in [0.5, 0.6) is 0 Å². The van der Waals surface area contributed by atoms with Crippen LogP contribution >= 0.6 is 55.1 Å². The molecule has 0 saturated heterocycles. The summed E-state index contributed by atoms with van der Waals surface area (Å²) < 4.78 is 4.55. The molecular weight excluding hydrogens is 307 g/mol. The summed E-state index contributed by atoms with van der Waals surface area (Å²) in [6, 6.07) is 0. The van der Waals surface area contributed by atoms with Crippen molar-refractivity contribution in [3.05, 3.63) is 12.8 Å². The smallest absolute Gasteiger partial charge is 0.143 e. The van der Waals surface area contributed by atoms with Crippen LogP contribution in [-0.2, 0) is 4.74 Å². The van der Waals surface area contributed by atoms with Gasteiger partial charge in [0.1, 0.15) is 9.80 Å². The molecule has 0 N–H and O–H groups in total. The second kappa shape index (κ2) is 12.7. The van der Waals surface area contributed by atoms with Crippen LogP contribution in [0.15, 0.2) is 12.8 Å². The molecule has 0 aliphatic rings. The molecular formula is C5H8Br2Cl2O. The van der Waals surface area contributed by atoms with Crippen LogP contribution < -0.4 is 0 Å². The topological polar surface area (TPSA) is 9.23 Å². The Kier molecular flexibility index (Phi) is 17.4. The van der Waals surface area contributed by atoms with Crippen molar-refractivity contribution in [2.75, 3.05) is 12.5 Å². The molecule has 0 fully saturated rings. The van der Waals surface area contributed by atoms with E-state index in [1.54, 1.807) is 0 Å². The van der Waals surface area contributed by atoms with Gasteiger partial charge in [-0.3, -0.25) is 0 Å². The van der Waals surface area contributed by atoms with E-state index >= 15 is 0 Å². The maximum Gasteiger partial charge on any atom is 0.143 e. The highest BCUT2D eigenvalue weighted by Gasteiger charge is 1.77. The van der Waals surface area contributed by atoms with E-state index in [-0.39, 0.29) is 3.20 Å². The summed E-state index contributed by atoms with van der Waals surface area (Å²) in [6.07, 6.45) is 1.38. The molecule has 0 heterocycles. The van der Waals surface area contributed by atoms with E-state index in [2.05, 4.69) is 43.2 Å². The molecule has 1 nitrogen and oxygen atoms in total. The van der Waals surface area contributed by atoms with Crippen molar-refractivity contribution < 1.29 is 4.74 Å². The molecule has 0 atom stereocenters. The van der Waals surface area contributed by atoms with Crippen molar-refractivity contribution in [2.45, 2.75) is 3.20 Å². The van der Waals surface area contributed by atoms with Crippen LogP contribution in [0, 0.1) is 0 Å². The molecule has 5 heteroatoms. The quantitative estimate of drug-likeness (QED) is 0.438. The van der Waals surface area contributed by atoms with Gasteiger partial charge in [-0.25, -0.2) is 0 Å². The number of hydrogen-bond donors (Lipinski definition) is 0. The zero-order valence-electron chi connectivity index (χ0n) is 5.20. The standard InChI is InChI=1S/C4H7ClO.CHBr2Cl/c1-2-6-4-3-5;2-1(3)4/h2H,1,3-4H2;1H. The lowest BCUT2D eigenvalue weighted by molar-refractivity contribution is 0.273.